The molecule has 0 aliphatic rings. The molecule has 0 fully saturated rings. The average molecular weight is 408 g/mol. The van der Waals surface area contributed by atoms with Gasteiger partial charge in [0.15, 0.2) is 0 Å². The van der Waals surface area contributed by atoms with Crippen LogP contribution in [0, 0.1) is 0 Å². The number of nitrogens with zero attached hydrogens (tertiary/aromatic N) is 1. The van der Waals surface area contributed by atoms with Gasteiger partial charge in [-0.25, -0.2) is 9.88 Å². The molecule has 3 aromatic rings. The molecule has 5 nitrogen and oxygen atoms in total. The van der Waals surface area contributed by atoms with E-state index in [1.807, 2.05) is 29.6 Å². The van der Waals surface area contributed by atoms with Crippen LogP contribution in [0.15, 0.2) is 71.5 Å². The van der Waals surface area contributed by atoms with Crippen LogP contribution in [-0.4, -0.2) is 13.0 Å². The molecule has 0 amide bonds. The molecule has 0 aliphatic carbocycles. The van der Waals surface area contributed by atoms with Crippen molar-refractivity contribution in [2.75, 3.05) is 5.32 Å². The summed E-state index contributed by atoms with van der Waals surface area (Å²) < 4.78 is 33.4. The van der Waals surface area contributed by atoms with E-state index in [2.05, 4.69) is 16.5 Å². The van der Waals surface area contributed by atoms with Crippen molar-refractivity contribution in [3.63, 3.8) is 0 Å². The summed E-state index contributed by atoms with van der Waals surface area (Å²) in [6, 6.07) is 13.5. The minimum atomic E-state index is -4.20. The maximum Gasteiger partial charge on any atom is 0.339 e. The summed E-state index contributed by atoms with van der Waals surface area (Å²) in [5, 5.41) is 6.85. The van der Waals surface area contributed by atoms with Gasteiger partial charge in [0.25, 0.3) is 10.1 Å². The second-order valence-corrected chi connectivity index (χ2v) is 8.17. The van der Waals surface area contributed by atoms with Crippen molar-refractivity contribution < 1.29 is 17.5 Å². The zero-order chi connectivity index (χ0) is 18.7. The fourth-order valence-electron chi connectivity index (χ4n) is 2.43. The van der Waals surface area contributed by atoms with Gasteiger partial charge in [0.05, 0.1) is 4.90 Å². The van der Waals surface area contributed by atoms with Gasteiger partial charge in [-0.1, -0.05) is 35.6 Å². The fourth-order valence-corrected chi connectivity index (χ4v) is 4.00. The van der Waals surface area contributed by atoms with Crippen LogP contribution < -0.4 is 9.88 Å². The molecule has 1 aromatic heterocycles. The fraction of sp³-hybridized carbons (Fsp3) is 0.0556. The third kappa shape index (κ3) is 4.13. The van der Waals surface area contributed by atoms with Crippen molar-refractivity contribution >= 4 is 43.9 Å². The third-order valence-corrected chi connectivity index (χ3v) is 5.68. The molecule has 8 heteroatoms. The lowest BCUT2D eigenvalue weighted by Gasteiger charge is -2.05. The Morgan fingerprint density at radius 3 is 2.38 bits per heavy atom. The van der Waals surface area contributed by atoms with Crippen LogP contribution in [0.25, 0.3) is 11.3 Å². The first-order chi connectivity index (χ1) is 12.4. The lowest BCUT2D eigenvalue weighted by Crippen LogP contribution is -2.35. The monoisotopic (exact) mass is 407 g/mol. The van der Waals surface area contributed by atoms with E-state index in [0.717, 1.165) is 16.4 Å². The number of thiazole rings is 1. The van der Waals surface area contributed by atoms with Crippen molar-refractivity contribution in [3.8, 4) is 11.3 Å². The molecule has 26 heavy (non-hydrogen) atoms. The normalized spacial score (nSPS) is 11.3. The number of anilines is 2. The largest absolute Gasteiger partial charge is 0.339 e. The smallest absolute Gasteiger partial charge is 0.282 e. The lowest BCUT2D eigenvalue weighted by molar-refractivity contribution is -0.657. The molecule has 0 saturated carbocycles. The molecule has 1 heterocycles. The average Bonchev–Trinajstić information content (AvgIpc) is 2.98. The van der Waals surface area contributed by atoms with Crippen LogP contribution >= 0.6 is 22.9 Å². The minimum absolute atomic E-state index is 0.143. The second kappa shape index (κ2) is 7.59. The van der Waals surface area contributed by atoms with Crippen LogP contribution in [0.3, 0.4) is 0 Å². The summed E-state index contributed by atoms with van der Waals surface area (Å²) in [5.41, 5.74) is 2.76. The van der Waals surface area contributed by atoms with Gasteiger partial charge >= 0.3 is 5.13 Å². The Kier molecular flexibility index (Phi) is 5.43. The van der Waals surface area contributed by atoms with Crippen LogP contribution in [0.1, 0.15) is 0 Å². The van der Waals surface area contributed by atoms with Gasteiger partial charge in [-0.3, -0.25) is 4.55 Å². The number of benzene rings is 2. The maximum absolute atomic E-state index is 11.1. The van der Waals surface area contributed by atoms with E-state index in [9.17, 15) is 8.42 Å². The standard InChI is InChI=1S/C18H15ClN2O3S2/c1-2-11-21-17(13-3-5-14(19)6-4-13)12-25-18(21)20-15-7-9-16(10-8-15)26(22,23)24/h2-10,12H,1,11H2,(H,22,23,24)/p+1. The number of halogens is 1. The zero-order valence-corrected chi connectivity index (χ0v) is 16.0. The molecule has 3 rings (SSSR count). The van der Waals surface area contributed by atoms with Crippen LogP contribution in [0.2, 0.25) is 5.02 Å². The summed E-state index contributed by atoms with van der Waals surface area (Å²) >= 11 is 7.49. The number of rotatable bonds is 6. The SMILES string of the molecule is C=CC[n+]1c(-c2ccc(Cl)cc2)csc1Nc1ccc(S(=O)(=O)O)cc1. The first-order valence-electron chi connectivity index (χ1n) is 7.61. The molecular formula is C18H16ClN2O3S2+. The van der Waals surface area contributed by atoms with E-state index >= 15 is 0 Å². The molecule has 0 radical (unpaired) electrons. The minimum Gasteiger partial charge on any atom is -0.282 e. The van der Waals surface area contributed by atoms with E-state index in [-0.39, 0.29) is 4.90 Å². The topological polar surface area (TPSA) is 70.3 Å². The lowest BCUT2D eigenvalue weighted by atomic mass is 10.2. The van der Waals surface area contributed by atoms with Crippen molar-refractivity contribution in [1.82, 2.24) is 0 Å². The molecule has 2 N–H and O–H groups in total. The summed E-state index contributed by atoms with van der Waals surface area (Å²) in [7, 11) is -4.20. The molecule has 0 saturated heterocycles. The van der Waals surface area contributed by atoms with Gasteiger partial charge in [0.2, 0.25) is 0 Å². The number of allylic oxidation sites excluding steroid dienone is 1. The molecule has 0 spiro atoms. The Morgan fingerprint density at radius 2 is 1.81 bits per heavy atom. The molecule has 134 valence electrons. The van der Waals surface area contributed by atoms with Gasteiger partial charge in [0.1, 0.15) is 17.9 Å². The highest BCUT2D eigenvalue weighted by molar-refractivity contribution is 7.85. The van der Waals surface area contributed by atoms with Gasteiger partial charge in [-0.05, 0) is 48.5 Å². The zero-order valence-electron chi connectivity index (χ0n) is 13.6. The first-order valence-corrected chi connectivity index (χ1v) is 10.3. The van der Waals surface area contributed by atoms with Gasteiger partial charge < -0.3 is 0 Å². The van der Waals surface area contributed by atoms with Crippen molar-refractivity contribution in [1.29, 1.82) is 0 Å². The molecule has 2 aromatic carbocycles. The van der Waals surface area contributed by atoms with E-state index in [1.54, 1.807) is 18.2 Å². The van der Waals surface area contributed by atoms with Gasteiger partial charge in [-0.2, -0.15) is 8.42 Å². The Hall–Kier alpha value is -2.19. The quantitative estimate of drug-likeness (QED) is 0.357. The van der Waals surface area contributed by atoms with E-state index in [0.29, 0.717) is 17.3 Å². The molecule has 0 atom stereocenters. The number of hydrogen-bond donors (Lipinski definition) is 2. The van der Waals surface area contributed by atoms with Crippen LogP contribution in [0.4, 0.5) is 10.8 Å². The van der Waals surface area contributed by atoms with E-state index < -0.39 is 10.1 Å². The molecule has 0 unspecified atom stereocenters. The van der Waals surface area contributed by atoms with Gasteiger partial charge in [0, 0.05) is 16.0 Å². The van der Waals surface area contributed by atoms with Crippen LogP contribution in [-0.2, 0) is 16.7 Å². The highest BCUT2D eigenvalue weighted by Gasteiger charge is 2.19. The summed E-state index contributed by atoms with van der Waals surface area (Å²) in [4.78, 5) is -0.143. The maximum atomic E-state index is 11.1. The molecule has 0 aliphatic heterocycles. The first kappa shape index (κ1) is 18.6. The number of nitrogens with one attached hydrogen (secondary N) is 1. The number of hydrogen-bond acceptors (Lipinski definition) is 4. The Balaban J connectivity index is 1.93. The highest BCUT2D eigenvalue weighted by Crippen LogP contribution is 2.27. The third-order valence-electron chi connectivity index (χ3n) is 3.67. The summed E-state index contributed by atoms with van der Waals surface area (Å²) in [6.45, 7) is 4.42. The van der Waals surface area contributed by atoms with Gasteiger partial charge in [-0.15, -0.1) is 0 Å². The summed E-state index contributed by atoms with van der Waals surface area (Å²) in [6.07, 6.45) is 1.80. The summed E-state index contributed by atoms with van der Waals surface area (Å²) in [5.74, 6) is 0. The number of aromatic nitrogens is 1. The van der Waals surface area contributed by atoms with Crippen molar-refractivity contribution in [3.05, 3.63) is 71.6 Å². The predicted molar refractivity (Wildman–Crippen MR) is 105 cm³/mol. The van der Waals surface area contributed by atoms with Crippen LogP contribution in [0.5, 0.6) is 0 Å². The predicted octanol–water partition coefficient (Wildman–Crippen LogP) is 4.53. The second-order valence-electron chi connectivity index (χ2n) is 5.46. The molecule has 0 bridgehead atoms. The Bertz CT molecular complexity index is 1030. The highest BCUT2D eigenvalue weighted by atomic mass is 35.5. The molecular weight excluding hydrogens is 392 g/mol. The Labute approximate surface area is 161 Å². The van der Waals surface area contributed by atoms with E-state index in [1.165, 1.54) is 23.5 Å². The Morgan fingerprint density at radius 1 is 1.15 bits per heavy atom. The van der Waals surface area contributed by atoms with Crippen molar-refractivity contribution in [2.24, 2.45) is 0 Å². The van der Waals surface area contributed by atoms with E-state index in [4.69, 9.17) is 16.2 Å². The van der Waals surface area contributed by atoms with Crippen molar-refractivity contribution in [2.45, 2.75) is 11.4 Å².